The fourth-order valence-electron chi connectivity index (χ4n) is 5.42. The highest BCUT2D eigenvalue weighted by atomic mass is 16.5. The molecular formula is C24H27NO4. The summed E-state index contributed by atoms with van der Waals surface area (Å²) in [5.74, 6) is 2.03. The lowest BCUT2D eigenvalue weighted by molar-refractivity contribution is 0.134. The van der Waals surface area contributed by atoms with Crippen molar-refractivity contribution in [3.63, 3.8) is 0 Å². The molecular weight excluding hydrogens is 366 g/mol. The largest absolute Gasteiger partial charge is 0.504 e. The minimum atomic E-state index is 0.180. The first-order valence-electron chi connectivity index (χ1n) is 10.1. The standard InChI is InChI=1S/C24H27NO4/c1-24-8-5-9-25(24)13-18-15-10-20(28-3)21(29-4)11-16(15)22-14(17(18)12-24)6-7-19(27-2)23(22)26/h6-7,10-11,26H,5,8-9,12-13H2,1-4H3. The minimum Gasteiger partial charge on any atom is -0.504 e. The molecule has 5 rings (SSSR count). The summed E-state index contributed by atoms with van der Waals surface area (Å²) in [5.41, 5.74) is 2.84. The van der Waals surface area contributed by atoms with Crippen LogP contribution in [-0.4, -0.2) is 43.4 Å². The topological polar surface area (TPSA) is 51.2 Å². The first kappa shape index (κ1) is 18.4. The molecule has 2 aliphatic rings. The molecule has 3 aromatic rings. The van der Waals surface area contributed by atoms with Gasteiger partial charge in [0.15, 0.2) is 23.0 Å². The highest BCUT2D eigenvalue weighted by Gasteiger charge is 2.41. The number of ether oxygens (including phenoxy) is 3. The molecule has 0 aromatic heterocycles. The number of nitrogens with zero attached hydrogens (tertiary/aromatic N) is 1. The zero-order chi connectivity index (χ0) is 20.3. The fourth-order valence-corrected chi connectivity index (χ4v) is 5.42. The monoisotopic (exact) mass is 393 g/mol. The molecule has 29 heavy (non-hydrogen) atoms. The molecule has 0 amide bonds. The second kappa shape index (κ2) is 6.42. The number of benzene rings is 3. The van der Waals surface area contributed by atoms with Crippen molar-refractivity contribution >= 4 is 21.5 Å². The second-order valence-corrected chi connectivity index (χ2v) is 8.45. The summed E-state index contributed by atoms with van der Waals surface area (Å²) in [6, 6.07) is 8.00. The molecule has 152 valence electrons. The third-order valence-corrected chi connectivity index (χ3v) is 6.98. The number of methoxy groups -OCH3 is 3. The van der Waals surface area contributed by atoms with E-state index in [0.717, 1.165) is 41.1 Å². The fraction of sp³-hybridized carbons (Fsp3) is 0.417. The van der Waals surface area contributed by atoms with Crippen LogP contribution in [0.4, 0.5) is 0 Å². The molecule has 1 unspecified atom stereocenters. The van der Waals surface area contributed by atoms with Crippen molar-refractivity contribution in [2.45, 2.75) is 38.3 Å². The van der Waals surface area contributed by atoms with Crippen LogP contribution in [0.5, 0.6) is 23.0 Å². The van der Waals surface area contributed by atoms with Gasteiger partial charge in [-0.2, -0.15) is 0 Å². The van der Waals surface area contributed by atoms with E-state index in [2.05, 4.69) is 24.0 Å². The lowest BCUT2D eigenvalue weighted by Gasteiger charge is -2.41. The summed E-state index contributed by atoms with van der Waals surface area (Å²) in [4.78, 5) is 2.61. The van der Waals surface area contributed by atoms with Crippen molar-refractivity contribution in [3.05, 3.63) is 35.4 Å². The lowest BCUT2D eigenvalue weighted by Crippen LogP contribution is -2.46. The van der Waals surface area contributed by atoms with Crippen LogP contribution in [0.1, 0.15) is 30.9 Å². The molecule has 3 aromatic carbocycles. The zero-order valence-electron chi connectivity index (χ0n) is 17.5. The SMILES string of the molecule is COc1cc2c3c(c4ccc(OC)c(O)c4c2cc1OC)CC1(C)CCCN1C3. The van der Waals surface area contributed by atoms with E-state index in [0.29, 0.717) is 17.2 Å². The molecule has 2 heterocycles. The van der Waals surface area contributed by atoms with Crippen LogP contribution in [0.2, 0.25) is 0 Å². The third-order valence-electron chi connectivity index (χ3n) is 6.98. The Morgan fingerprint density at radius 1 is 0.897 bits per heavy atom. The summed E-state index contributed by atoms with van der Waals surface area (Å²) in [7, 11) is 4.89. The Morgan fingerprint density at radius 3 is 2.28 bits per heavy atom. The van der Waals surface area contributed by atoms with Gasteiger partial charge in [0.2, 0.25) is 0 Å². The van der Waals surface area contributed by atoms with E-state index in [4.69, 9.17) is 14.2 Å². The van der Waals surface area contributed by atoms with Gasteiger partial charge in [0, 0.05) is 17.5 Å². The van der Waals surface area contributed by atoms with Gasteiger partial charge in [-0.15, -0.1) is 0 Å². The van der Waals surface area contributed by atoms with Gasteiger partial charge in [-0.1, -0.05) is 6.07 Å². The maximum atomic E-state index is 11.1. The predicted molar refractivity (Wildman–Crippen MR) is 115 cm³/mol. The van der Waals surface area contributed by atoms with Crippen molar-refractivity contribution in [1.29, 1.82) is 0 Å². The molecule has 0 spiro atoms. The first-order valence-corrected chi connectivity index (χ1v) is 10.1. The molecule has 1 fully saturated rings. The van der Waals surface area contributed by atoms with Crippen molar-refractivity contribution in [1.82, 2.24) is 4.90 Å². The molecule has 2 aliphatic heterocycles. The molecule has 0 bridgehead atoms. The molecule has 0 radical (unpaired) electrons. The molecule has 5 nitrogen and oxygen atoms in total. The number of aromatic hydroxyl groups is 1. The Balaban J connectivity index is 1.93. The molecule has 0 aliphatic carbocycles. The number of rotatable bonds is 3. The summed E-state index contributed by atoms with van der Waals surface area (Å²) in [6.07, 6.45) is 3.42. The Bertz CT molecular complexity index is 1140. The summed E-state index contributed by atoms with van der Waals surface area (Å²) in [5, 5.41) is 15.1. The van der Waals surface area contributed by atoms with Gasteiger partial charge >= 0.3 is 0 Å². The van der Waals surface area contributed by atoms with E-state index in [1.54, 1.807) is 21.3 Å². The van der Waals surface area contributed by atoms with Gasteiger partial charge in [0.1, 0.15) is 0 Å². The van der Waals surface area contributed by atoms with E-state index in [9.17, 15) is 5.11 Å². The van der Waals surface area contributed by atoms with E-state index in [-0.39, 0.29) is 11.3 Å². The Hall–Kier alpha value is -2.66. The van der Waals surface area contributed by atoms with Crippen molar-refractivity contribution in [2.24, 2.45) is 0 Å². The minimum absolute atomic E-state index is 0.180. The van der Waals surface area contributed by atoms with Crippen LogP contribution in [0, 0.1) is 0 Å². The molecule has 1 N–H and O–H groups in total. The van der Waals surface area contributed by atoms with Crippen molar-refractivity contribution in [2.75, 3.05) is 27.9 Å². The van der Waals surface area contributed by atoms with Gasteiger partial charge in [0.25, 0.3) is 0 Å². The average Bonchev–Trinajstić information content (AvgIpc) is 3.11. The average molecular weight is 393 g/mol. The quantitative estimate of drug-likeness (QED) is 0.657. The second-order valence-electron chi connectivity index (χ2n) is 8.45. The van der Waals surface area contributed by atoms with Gasteiger partial charge in [-0.05, 0) is 78.2 Å². The maximum absolute atomic E-state index is 11.1. The lowest BCUT2D eigenvalue weighted by atomic mass is 9.79. The van der Waals surface area contributed by atoms with Crippen LogP contribution in [0.3, 0.4) is 0 Å². The van der Waals surface area contributed by atoms with Gasteiger partial charge in [-0.25, -0.2) is 0 Å². The van der Waals surface area contributed by atoms with E-state index < -0.39 is 0 Å². The Labute approximate surface area is 170 Å². The number of hydrogen-bond donors (Lipinski definition) is 1. The zero-order valence-corrected chi connectivity index (χ0v) is 17.5. The Morgan fingerprint density at radius 2 is 1.59 bits per heavy atom. The van der Waals surface area contributed by atoms with E-state index in [1.165, 1.54) is 24.0 Å². The molecule has 1 saturated heterocycles. The number of phenols is 1. The molecule has 0 saturated carbocycles. The molecule has 1 atom stereocenters. The van der Waals surface area contributed by atoms with Gasteiger partial charge in [-0.3, -0.25) is 4.90 Å². The van der Waals surface area contributed by atoms with Crippen LogP contribution in [0.25, 0.3) is 21.5 Å². The van der Waals surface area contributed by atoms with E-state index in [1.807, 2.05) is 12.1 Å². The number of phenolic OH excluding ortho intramolecular Hbond substituents is 1. The molecule has 5 heteroatoms. The van der Waals surface area contributed by atoms with Crippen molar-refractivity contribution < 1.29 is 19.3 Å². The van der Waals surface area contributed by atoms with Crippen LogP contribution in [-0.2, 0) is 13.0 Å². The summed E-state index contributed by atoms with van der Waals surface area (Å²) >= 11 is 0. The highest BCUT2D eigenvalue weighted by molar-refractivity contribution is 6.15. The Kier molecular flexibility index (Phi) is 4.07. The maximum Gasteiger partial charge on any atom is 0.166 e. The van der Waals surface area contributed by atoms with Crippen molar-refractivity contribution in [3.8, 4) is 23.0 Å². The predicted octanol–water partition coefficient (Wildman–Crippen LogP) is 4.64. The van der Waals surface area contributed by atoms with Crippen LogP contribution >= 0.6 is 0 Å². The normalized spacial score (nSPS) is 21.2. The number of fused-ring (bicyclic) bond motifs is 7. The third kappa shape index (κ3) is 2.50. The van der Waals surface area contributed by atoms with Gasteiger partial charge < -0.3 is 19.3 Å². The van der Waals surface area contributed by atoms with Crippen LogP contribution < -0.4 is 14.2 Å². The highest BCUT2D eigenvalue weighted by Crippen LogP contribution is 2.49. The van der Waals surface area contributed by atoms with E-state index >= 15 is 0 Å². The smallest absolute Gasteiger partial charge is 0.166 e. The summed E-state index contributed by atoms with van der Waals surface area (Å²) < 4.78 is 16.6. The van der Waals surface area contributed by atoms with Gasteiger partial charge in [0.05, 0.1) is 21.3 Å². The summed E-state index contributed by atoms with van der Waals surface area (Å²) in [6.45, 7) is 4.42. The van der Waals surface area contributed by atoms with Crippen LogP contribution in [0.15, 0.2) is 24.3 Å². The first-order chi connectivity index (χ1) is 14.0. The number of hydrogen-bond acceptors (Lipinski definition) is 5.